The molecule has 30 heavy (non-hydrogen) atoms. The zero-order chi connectivity index (χ0) is 20.8. The third kappa shape index (κ3) is 3.21. The van der Waals surface area contributed by atoms with Gasteiger partial charge in [-0.1, -0.05) is 28.9 Å². The fourth-order valence-electron chi connectivity index (χ4n) is 4.22. The van der Waals surface area contributed by atoms with Crippen molar-refractivity contribution in [3.05, 3.63) is 52.6 Å². The molecule has 0 spiro atoms. The minimum Gasteiger partial charge on any atom is -0.339 e. The number of aromatic nitrogens is 4. The largest absolute Gasteiger partial charge is 0.339 e. The highest BCUT2D eigenvalue weighted by atomic mass is 35.5. The summed E-state index contributed by atoms with van der Waals surface area (Å²) in [4.78, 5) is 30.7. The minimum absolute atomic E-state index is 0.0160. The highest BCUT2D eigenvalue weighted by Gasteiger charge is 2.46. The van der Waals surface area contributed by atoms with E-state index in [2.05, 4.69) is 25.0 Å². The van der Waals surface area contributed by atoms with Crippen molar-refractivity contribution in [2.45, 2.75) is 26.3 Å². The normalized spacial score (nSPS) is 20.6. The second-order valence-electron chi connectivity index (χ2n) is 7.82. The number of fused-ring (bicyclic) bond motifs is 1. The maximum atomic E-state index is 13.4. The Morgan fingerprint density at radius 1 is 1.20 bits per heavy atom. The van der Waals surface area contributed by atoms with Gasteiger partial charge in [0.1, 0.15) is 0 Å². The molecular weight excluding hydrogens is 404 g/mol. The highest BCUT2D eigenvalue weighted by Crippen LogP contribution is 2.36. The molecule has 2 fully saturated rings. The first-order valence-electron chi connectivity index (χ1n) is 9.96. The van der Waals surface area contributed by atoms with E-state index in [4.69, 9.17) is 16.1 Å². The lowest BCUT2D eigenvalue weighted by Crippen LogP contribution is -2.66. The number of halogens is 1. The van der Waals surface area contributed by atoms with E-state index in [1.807, 2.05) is 36.1 Å². The van der Waals surface area contributed by atoms with Gasteiger partial charge in [0.2, 0.25) is 5.95 Å². The molecule has 2 atom stereocenters. The van der Waals surface area contributed by atoms with Crippen LogP contribution >= 0.6 is 11.6 Å². The number of carbonyl (C=O) groups is 1. The number of amides is 1. The summed E-state index contributed by atoms with van der Waals surface area (Å²) in [6.45, 7) is 5.97. The maximum absolute atomic E-state index is 13.4. The third-order valence-electron chi connectivity index (χ3n) is 5.92. The molecule has 3 aromatic rings. The van der Waals surface area contributed by atoms with E-state index in [0.717, 1.165) is 25.2 Å². The van der Waals surface area contributed by atoms with Crippen LogP contribution in [0, 0.1) is 19.8 Å². The van der Waals surface area contributed by atoms with Crippen LogP contribution in [-0.4, -0.2) is 56.6 Å². The molecule has 1 amide bonds. The van der Waals surface area contributed by atoms with Crippen molar-refractivity contribution >= 4 is 23.5 Å². The van der Waals surface area contributed by atoms with Crippen LogP contribution in [0.3, 0.4) is 0 Å². The molecule has 0 bridgehead atoms. The molecule has 8 nitrogen and oxygen atoms in total. The summed E-state index contributed by atoms with van der Waals surface area (Å²) < 4.78 is 5.31. The summed E-state index contributed by atoms with van der Waals surface area (Å²) in [5.41, 5.74) is 2.00. The SMILES string of the molecule is Cc1noc(-c2ccccc2C(=O)N2C[C@H]3CCN(c4ncc(Cl)c(C)n4)C[C@H]32)n1. The Morgan fingerprint density at radius 2 is 2.03 bits per heavy atom. The number of rotatable bonds is 3. The van der Waals surface area contributed by atoms with Crippen molar-refractivity contribution < 1.29 is 9.32 Å². The lowest BCUT2D eigenvalue weighted by atomic mass is 9.81. The molecule has 154 valence electrons. The number of benzene rings is 1. The van der Waals surface area contributed by atoms with Crippen LogP contribution in [0.2, 0.25) is 5.02 Å². The van der Waals surface area contributed by atoms with Crippen LogP contribution < -0.4 is 4.90 Å². The van der Waals surface area contributed by atoms with Crippen LogP contribution in [0.1, 0.15) is 28.3 Å². The Morgan fingerprint density at radius 3 is 2.80 bits per heavy atom. The van der Waals surface area contributed by atoms with E-state index < -0.39 is 0 Å². The van der Waals surface area contributed by atoms with Crippen LogP contribution in [-0.2, 0) is 0 Å². The second kappa shape index (κ2) is 7.36. The minimum atomic E-state index is -0.0160. The first-order chi connectivity index (χ1) is 14.5. The average Bonchev–Trinajstić information content (AvgIpc) is 3.17. The van der Waals surface area contributed by atoms with Gasteiger partial charge < -0.3 is 14.3 Å². The zero-order valence-corrected chi connectivity index (χ0v) is 17.5. The van der Waals surface area contributed by atoms with Crippen molar-refractivity contribution in [3.8, 4) is 11.5 Å². The van der Waals surface area contributed by atoms with Crippen molar-refractivity contribution in [3.63, 3.8) is 0 Å². The summed E-state index contributed by atoms with van der Waals surface area (Å²) in [7, 11) is 0. The Bertz CT molecular complexity index is 1120. The number of hydrogen-bond acceptors (Lipinski definition) is 7. The van der Waals surface area contributed by atoms with E-state index in [1.165, 1.54) is 0 Å². The van der Waals surface area contributed by atoms with E-state index in [9.17, 15) is 4.79 Å². The summed E-state index contributed by atoms with van der Waals surface area (Å²) in [5.74, 6) is 2.05. The number of aryl methyl sites for hydroxylation is 2. The Hall–Kier alpha value is -3.00. The molecule has 2 aliphatic heterocycles. The summed E-state index contributed by atoms with van der Waals surface area (Å²) in [6, 6.07) is 7.51. The monoisotopic (exact) mass is 424 g/mol. The Kier molecular flexibility index (Phi) is 4.66. The molecule has 0 saturated carbocycles. The molecule has 0 unspecified atom stereocenters. The Balaban J connectivity index is 1.38. The van der Waals surface area contributed by atoms with Gasteiger partial charge in [0, 0.05) is 25.6 Å². The van der Waals surface area contributed by atoms with Crippen LogP contribution in [0.25, 0.3) is 11.5 Å². The van der Waals surface area contributed by atoms with Gasteiger partial charge in [0.05, 0.1) is 34.1 Å². The molecule has 2 aromatic heterocycles. The average molecular weight is 425 g/mol. The molecule has 4 heterocycles. The highest BCUT2D eigenvalue weighted by molar-refractivity contribution is 6.31. The summed E-state index contributed by atoms with van der Waals surface area (Å²) in [5, 5.41) is 4.41. The molecule has 2 aliphatic rings. The van der Waals surface area contributed by atoms with Gasteiger partial charge in [-0.05, 0) is 32.4 Å². The van der Waals surface area contributed by atoms with E-state index in [-0.39, 0.29) is 11.9 Å². The molecule has 1 aromatic carbocycles. The first kappa shape index (κ1) is 19.0. The first-order valence-corrected chi connectivity index (χ1v) is 10.3. The molecule has 9 heteroatoms. The lowest BCUT2D eigenvalue weighted by Gasteiger charge is -2.53. The number of carbonyl (C=O) groups excluding carboxylic acids is 1. The van der Waals surface area contributed by atoms with E-state index >= 15 is 0 Å². The predicted octanol–water partition coefficient (Wildman–Crippen LogP) is 3.15. The molecule has 5 rings (SSSR count). The van der Waals surface area contributed by atoms with Crippen LogP contribution in [0.5, 0.6) is 0 Å². The molecule has 0 radical (unpaired) electrons. The number of anilines is 1. The zero-order valence-electron chi connectivity index (χ0n) is 16.7. The fraction of sp³-hybridized carbons (Fsp3) is 0.381. The molecule has 2 saturated heterocycles. The van der Waals surface area contributed by atoms with Crippen molar-refractivity contribution in [1.29, 1.82) is 0 Å². The van der Waals surface area contributed by atoms with Crippen molar-refractivity contribution in [2.75, 3.05) is 24.5 Å². The smallest absolute Gasteiger partial charge is 0.258 e. The predicted molar refractivity (Wildman–Crippen MR) is 111 cm³/mol. The van der Waals surface area contributed by atoms with Gasteiger partial charge in [-0.15, -0.1) is 0 Å². The van der Waals surface area contributed by atoms with Gasteiger partial charge in [-0.3, -0.25) is 4.79 Å². The second-order valence-corrected chi connectivity index (χ2v) is 8.22. The maximum Gasteiger partial charge on any atom is 0.258 e. The number of piperidine rings is 1. The topological polar surface area (TPSA) is 88.3 Å². The van der Waals surface area contributed by atoms with Gasteiger partial charge >= 0.3 is 0 Å². The van der Waals surface area contributed by atoms with E-state index in [0.29, 0.717) is 46.3 Å². The third-order valence-corrected chi connectivity index (χ3v) is 6.29. The van der Waals surface area contributed by atoms with Gasteiger partial charge in [-0.2, -0.15) is 4.98 Å². The fourth-order valence-corrected chi connectivity index (χ4v) is 4.31. The molecular formula is C21H21ClN6O2. The quantitative estimate of drug-likeness (QED) is 0.638. The van der Waals surface area contributed by atoms with E-state index in [1.54, 1.807) is 13.1 Å². The van der Waals surface area contributed by atoms with Gasteiger partial charge in [0.25, 0.3) is 11.8 Å². The number of hydrogen-bond donors (Lipinski definition) is 0. The molecule has 0 aliphatic carbocycles. The standard InChI is InChI=1S/C21H21ClN6O2/c1-12-17(22)9-23-21(24-12)27-8-7-14-10-28(18(14)11-27)20(29)16-6-4-3-5-15(16)19-25-13(2)26-30-19/h3-6,9,14,18H,7-8,10-11H2,1-2H3/t14-,18-/m1/s1. The summed E-state index contributed by atoms with van der Waals surface area (Å²) in [6.07, 6.45) is 2.64. The lowest BCUT2D eigenvalue weighted by molar-refractivity contribution is 0.00773. The number of likely N-dealkylation sites (tertiary alicyclic amines) is 1. The number of nitrogens with zero attached hydrogens (tertiary/aromatic N) is 6. The van der Waals surface area contributed by atoms with Gasteiger partial charge in [0.15, 0.2) is 5.82 Å². The van der Waals surface area contributed by atoms with Crippen LogP contribution in [0.15, 0.2) is 35.0 Å². The van der Waals surface area contributed by atoms with Crippen molar-refractivity contribution in [1.82, 2.24) is 25.0 Å². The van der Waals surface area contributed by atoms with Crippen molar-refractivity contribution in [2.24, 2.45) is 5.92 Å². The van der Waals surface area contributed by atoms with Gasteiger partial charge in [-0.25, -0.2) is 9.97 Å². The Labute approximate surface area is 178 Å². The summed E-state index contributed by atoms with van der Waals surface area (Å²) >= 11 is 6.07. The van der Waals surface area contributed by atoms with Crippen LogP contribution in [0.4, 0.5) is 5.95 Å². The molecule has 0 N–H and O–H groups in total.